The van der Waals surface area contributed by atoms with Crippen LogP contribution in [0.3, 0.4) is 0 Å². The molecule has 2 aromatic carbocycles. The second-order valence-electron chi connectivity index (χ2n) is 9.74. The van der Waals surface area contributed by atoms with Gasteiger partial charge in [-0.15, -0.1) is 0 Å². The second kappa shape index (κ2) is 12.2. The van der Waals surface area contributed by atoms with Crippen molar-refractivity contribution < 1.29 is 14.0 Å². The van der Waals surface area contributed by atoms with E-state index < -0.39 is 0 Å². The molecule has 0 spiro atoms. The summed E-state index contributed by atoms with van der Waals surface area (Å²) in [6.45, 7) is 9.30. The molecule has 35 heavy (non-hydrogen) atoms. The largest absolute Gasteiger partial charge is 0.369 e. The maximum Gasteiger partial charge on any atom is 0.253 e. The lowest BCUT2D eigenvalue weighted by atomic mass is 9.95. The molecule has 0 unspecified atom stereocenters. The zero-order valence-corrected chi connectivity index (χ0v) is 20.7. The maximum atomic E-state index is 13.1. The topological polar surface area (TPSA) is 55.9 Å². The molecule has 2 heterocycles. The summed E-state index contributed by atoms with van der Waals surface area (Å²) >= 11 is 0. The molecule has 2 aliphatic heterocycles. The van der Waals surface area contributed by atoms with E-state index in [1.54, 1.807) is 4.90 Å². The summed E-state index contributed by atoms with van der Waals surface area (Å²) in [5, 5.41) is 3.10. The lowest BCUT2D eigenvalue weighted by Gasteiger charge is -2.36. The van der Waals surface area contributed by atoms with Crippen LogP contribution in [0.2, 0.25) is 0 Å². The number of unbranched alkanes of at least 4 members (excludes halogenated alkanes) is 1. The van der Waals surface area contributed by atoms with E-state index in [-0.39, 0.29) is 23.5 Å². The molecule has 0 bridgehead atoms. The fourth-order valence-corrected chi connectivity index (χ4v) is 4.99. The molecule has 0 aliphatic carbocycles. The molecule has 2 fully saturated rings. The highest BCUT2D eigenvalue weighted by molar-refractivity contribution is 5.94. The molecule has 0 aromatic heterocycles. The lowest BCUT2D eigenvalue weighted by molar-refractivity contribution is -0.126. The number of likely N-dealkylation sites (tertiary alicyclic amines) is 1. The molecule has 0 radical (unpaired) electrons. The van der Waals surface area contributed by atoms with Crippen molar-refractivity contribution in [3.8, 4) is 0 Å². The Kier molecular flexibility index (Phi) is 8.74. The van der Waals surface area contributed by atoms with Gasteiger partial charge in [-0.25, -0.2) is 4.39 Å². The minimum Gasteiger partial charge on any atom is -0.369 e. The van der Waals surface area contributed by atoms with Gasteiger partial charge in [0.05, 0.1) is 0 Å². The number of carbonyl (C=O) groups is 2. The van der Waals surface area contributed by atoms with E-state index in [2.05, 4.69) is 46.3 Å². The molecule has 2 aliphatic rings. The molecule has 6 nitrogen and oxygen atoms in total. The zero-order chi connectivity index (χ0) is 24.6. The number of hydrogen-bond donors (Lipinski definition) is 1. The smallest absolute Gasteiger partial charge is 0.253 e. The molecule has 4 rings (SSSR count). The van der Waals surface area contributed by atoms with Gasteiger partial charge in [-0.3, -0.25) is 14.5 Å². The van der Waals surface area contributed by atoms with Crippen molar-refractivity contribution in [1.82, 2.24) is 15.1 Å². The van der Waals surface area contributed by atoms with Crippen molar-refractivity contribution in [2.45, 2.75) is 32.6 Å². The van der Waals surface area contributed by atoms with Crippen molar-refractivity contribution in [2.75, 3.05) is 57.3 Å². The fourth-order valence-electron chi connectivity index (χ4n) is 4.99. The Labute approximate surface area is 208 Å². The molecule has 0 atom stereocenters. The van der Waals surface area contributed by atoms with Crippen molar-refractivity contribution >= 4 is 17.5 Å². The Morgan fingerprint density at radius 3 is 2.34 bits per heavy atom. The van der Waals surface area contributed by atoms with Crippen molar-refractivity contribution in [1.29, 1.82) is 0 Å². The summed E-state index contributed by atoms with van der Waals surface area (Å²) in [5.74, 6) is -0.381. The summed E-state index contributed by atoms with van der Waals surface area (Å²) in [5.41, 5.74) is 3.11. The van der Waals surface area contributed by atoms with Gasteiger partial charge in [0.2, 0.25) is 5.91 Å². The Bertz CT molecular complexity index is 981. The van der Waals surface area contributed by atoms with Crippen LogP contribution in [0.15, 0.2) is 48.5 Å². The maximum absolute atomic E-state index is 13.1. The van der Waals surface area contributed by atoms with Crippen LogP contribution in [-0.4, -0.2) is 74.0 Å². The molecule has 7 heteroatoms. The van der Waals surface area contributed by atoms with Crippen LogP contribution in [0.4, 0.5) is 10.1 Å². The molecule has 1 N–H and O–H groups in total. The van der Waals surface area contributed by atoms with Crippen LogP contribution >= 0.6 is 0 Å². The van der Waals surface area contributed by atoms with Gasteiger partial charge in [0.15, 0.2) is 0 Å². The van der Waals surface area contributed by atoms with Gasteiger partial charge < -0.3 is 15.1 Å². The average molecular weight is 481 g/mol. The third kappa shape index (κ3) is 7.04. The van der Waals surface area contributed by atoms with Gasteiger partial charge in [-0.2, -0.15) is 0 Å². The Morgan fingerprint density at radius 1 is 0.943 bits per heavy atom. The highest BCUT2D eigenvalue weighted by Gasteiger charge is 2.27. The molecular formula is C28H37FN4O2. The number of nitrogens with zero attached hydrogens (tertiary/aromatic N) is 3. The van der Waals surface area contributed by atoms with E-state index in [0.29, 0.717) is 38.0 Å². The molecule has 2 aromatic rings. The summed E-state index contributed by atoms with van der Waals surface area (Å²) in [6.07, 6.45) is 3.40. The van der Waals surface area contributed by atoms with Crippen LogP contribution in [0.5, 0.6) is 0 Å². The number of halogens is 1. The van der Waals surface area contributed by atoms with Gasteiger partial charge in [-0.05, 0) is 81.1 Å². The molecular weight excluding hydrogens is 443 g/mol. The highest BCUT2D eigenvalue weighted by atomic mass is 19.1. The molecule has 188 valence electrons. The summed E-state index contributed by atoms with van der Waals surface area (Å²) in [7, 11) is 0. The lowest BCUT2D eigenvalue weighted by Crippen LogP contribution is -2.46. The van der Waals surface area contributed by atoms with Crippen LogP contribution in [0.1, 0.15) is 41.6 Å². The third-order valence-corrected chi connectivity index (χ3v) is 7.18. The number of benzene rings is 2. The Hall–Kier alpha value is -2.93. The zero-order valence-electron chi connectivity index (χ0n) is 20.7. The Morgan fingerprint density at radius 2 is 1.66 bits per heavy atom. The SMILES string of the molecule is Cc1cccc(N2CCN(CCCCNC(=O)C3CCN(C(=O)c4ccc(F)cc4)CC3)CC2)c1. The van der Waals surface area contributed by atoms with Gasteiger partial charge in [0, 0.05) is 63.0 Å². The van der Waals surface area contributed by atoms with Crippen molar-refractivity contribution in [2.24, 2.45) is 5.92 Å². The van der Waals surface area contributed by atoms with Crippen LogP contribution in [-0.2, 0) is 4.79 Å². The first kappa shape index (κ1) is 25.2. The summed E-state index contributed by atoms with van der Waals surface area (Å²) < 4.78 is 13.1. The van der Waals surface area contributed by atoms with Gasteiger partial charge in [-0.1, -0.05) is 12.1 Å². The quantitative estimate of drug-likeness (QED) is 0.586. The second-order valence-corrected chi connectivity index (χ2v) is 9.74. The van der Waals surface area contributed by atoms with Crippen LogP contribution < -0.4 is 10.2 Å². The minimum atomic E-state index is -0.349. The third-order valence-electron chi connectivity index (χ3n) is 7.18. The number of piperidine rings is 1. The van der Waals surface area contributed by atoms with E-state index in [1.165, 1.54) is 35.5 Å². The number of anilines is 1. The predicted octanol–water partition coefficient (Wildman–Crippen LogP) is 3.70. The first-order valence-corrected chi connectivity index (χ1v) is 12.9. The first-order chi connectivity index (χ1) is 17.0. The normalized spacial score (nSPS) is 17.4. The summed E-state index contributed by atoms with van der Waals surface area (Å²) in [6, 6.07) is 14.4. The number of piperazine rings is 1. The van der Waals surface area contributed by atoms with Crippen molar-refractivity contribution in [3.63, 3.8) is 0 Å². The number of amides is 2. The van der Waals surface area contributed by atoms with E-state index in [4.69, 9.17) is 0 Å². The number of rotatable bonds is 8. The van der Waals surface area contributed by atoms with Crippen LogP contribution in [0, 0.1) is 18.7 Å². The summed E-state index contributed by atoms with van der Waals surface area (Å²) in [4.78, 5) is 31.9. The van der Waals surface area contributed by atoms with Crippen LogP contribution in [0.25, 0.3) is 0 Å². The molecule has 2 amide bonds. The number of nitrogens with one attached hydrogen (secondary N) is 1. The number of hydrogen-bond acceptors (Lipinski definition) is 4. The minimum absolute atomic E-state index is 0.0398. The van der Waals surface area contributed by atoms with Gasteiger partial charge in [0.25, 0.3) is 5.91 Å². The van der Waals surface area contributed by atoms with Crippen molar-refractivity contribution in [3.05, 3.63) is 65.5 Å². The van der Waals surface area contributed by atoms with E-state index in [9.17, 15) is 14.0 Å². The number of carbonyl (C=O) groups excluding carboxylic acids is 2. The Balaban J connectivity index is 1.07. The van der Waals surface area contributed by atoms with Gasteiger partial charge >= 0.3 is 0 Å². The number of aryl methyl sites for hydroxylation is 1. The monoisotopic (exact) mass is 480 g/mol. The van der Waals surface area contributed by atoms with E-state index in [1.807, 2.05) is 0 Å². The van der Waals surface area contributed by atoms with E-state index >= 15 is 0 Å². The molecule has 2 saturated heterocycles. The average Bonchev–Trinajstić information content (AvgIpc) is 2.89. The van der Waals surface area contributed by atoms with E-state index in [0.717, 1.165) is 45.6 Å². The standard InChI is InChI=1S/C28H37FN4O2/c1-22-5-4-6-26(21-22)32-19-17-31(18-20-32)14-3-2-13-30-27(34)23-11-15-33(16-12-23)28(35)24-7-9-25(29)10-8-24/h4-10,21,23H,2-3,11-20H2,1H3,(H,30,34). The first-order valence-electron chi connectivity index (χ1n) is 12.9. The van der Waals surface area contributed by atoms with Gasteiger partial charge in [0.1, 0.15) is 5.82 Å². The predicted molar refractivity (Wildman–Crippen MR) is 137 cm³/mol. The highest BCUT2D eigenvalue weighted by Crippen LogP contribution is 2.20. The fraction of sp³-hybridized carbons (Fsp3) is 0.500. The molecule has 0 saturated carbocycles.